The van der Waals surface area contributed by atoms with Crippen LogP contribution < -0.4 is 4.90 Å². The van der Waals surface area contributed by atoms with Crippen LogP contribution in [0.2, 0.25) is 0 Å². The summed E-state index contributed by atoms with van der Waals surface area (Å²) in [4.78, 5) is 20.2. The molecule has 1 saturated heterocycles. The van der Waals surface area contributed by atoms with Crippen LogP contribution in [0.5, 0.6) is 0 Å². The molecule has 0 unspecified atom stereocenters. The molecule has 6 heteroatoms. The number of hydrogen-bond acceptors (Lipinski definition) is 4. The topological polar surface area (TPSA) is 56.7 Å². The Kier molecular flexibility index (Phi) is 5.15. The fraction of sp³-hybridized carbons (Fsp3) is 0.538. The lowest BCUT2D eigenvalue weighted by Crippen LogP contribution is -2.49. The lowest BCUT2D eigenvalue weighted by atomic mass is 10.2. The minimum atomic E-state index is 0.0779. The lowest BCUT2D eigenvalue weighted by molar-refractivity contribution is -0.131. The summed E-state index contributed by atoms with van der Waals surface area (Å²) in [6, 6.07) is 3.95. The van der Waals surface area contributed by atoms with E-state index in [0.29, 0.717) is 12.8 Å². The summed E-state index contributed by atoms with van der Waals surface area (Å²) in [5, 5.41) is 8.74. The van der Waals surface area contributed by atoms with E-state index in [4.69, 9.17) is 5.11 Å². The molecule has 1 aliphatic rings. The molecular weight excluding hydrogens is 310 g/mol. The van der Waals surface area contributed by atoms with Crippen LogP contribution in [0.25, 0.3) is 0 Å². The molecule has 5 nitrogen and oxygen atoms in total. The number of pyridine rings is 1. The van der Waals surface area contributed by atoms with E-state index in [-0.39, 0.29) is 12.5 Å². The molecule has 0 spiro atoms. The van der Waals surface area contributed by atoms with Crippen molar-refractivity contribution in [2.24, 2.45) is 0 Å². The summed E-state index contributed by atoms with van der Waals surface area (Å²) in [6.07, 6.45) is 2.77. The molecule has 0 saturated carbocycles. The molecule has 1 aromatic rings. The minimum Gasteiger partial charge on any atom is -0.396 e. The molecule has 1 fully saturated rings. The van der Waals surface area contributed by atoms with Gasteiger partial charge in [0.25, 0.3) is 0 Å². The predicted molar refractivity (Wildman–Crippen MR) is 77.0 cm³/mol. The van der Waals surface area contributed by atoms with Gasteiger partial charge >= 0.3 is 0 Å². The molecule has 2 rings (SSSR count). The van der Waals surface area contributed by atoms with Crippen LogP contribution in [0.1, 0.15) is 12.8 Å². The maximum atomic E-state index is 11.8. The van der Waals surface area contributed by atoms with Crippen LogP contribution in [0.15, 0.2) is 22.8 Å². The number of carbonyl (C=O) groups excluding carboxylic acids is 1. The van der Waals surface area contributed by atoms with Crippen molar-refractivity contribution < 1.29 is 9.90 Å². The number of nitrogens with zero attached hydrogens (tertiary/aromatic N) is 3. The first kappa shape index (κ1) is 14.3. The molecule has 1 aliphatic heterocycles. The van der Waals surface area contributed by atoms with Crippen LogP contribution in [0.3, 0.4) is 0 Å². The predicted octanol–water partition coefficient (Wildman–Crippen LogP) is 1.27. The standard InChI is InChI=1S/C13H18BrN3O2/c14-11-3-4-12(15-10-11)16-5-7-17(8-6-16)13(19)2-1-9-18/h3-4,10,18H,1-2,5-9H2. The van der Waals surface area contributed by atoms with E-state index in [1.54, 1.807) is 6.20 Å². The third kappa shape index (κ3) is 3.91. The number of aliphatic hydroxyl groups is 1. The average Bonchev–Trinajstić information content (AvgIpc) is 2.46. The van der Waals surface area contributed by atoms with E-state index in [9.17, 15) is 4.79 Å². The van der Waals surface area contributed by atoms with Crippen LogP contribution >= 0.6 is 15.9 Å². The van der Waals surface area contributed by atoms with Gasteiger partial charge in [-0.2, -0.15) is 0 Å². The summed E-state index contributed by atoms with van der Waals surface area (Å²) in [6.45, 7) is 3.14. The van der Waals surface area contributed by atoms with Crippen molar-refractivity contribution in [2.75, 3.05) is 37.7 Å². The zero-order valence-electron chi connectivity index (χ0n) is 10.8. The quantitative estimate of drug-likeness (QED) is 0.904. The van der Waals surface area contributed by atoms with Gasteiger partial charge in [-0.3, -0.25) is 4.79 Å². The molecule has 19 heavy (non-hydrogen) atoms. The van der Waals surface area contributed by atoms with Crippen molar-refractivity contribution in [2.45, 2.75) is 12.8 Å². The fourth-order valence-electron chi connectivity index (χ4n) is 2.13. The first-order chi connectivity index (χ1) is 9.20. The molecule has 1 amide bonds. The van der Waals surface area contributed by atoms with Crippen LogP contribution in [-0.2, 0) is 4.79 Å². The van der Waals surface area contributed by atoms with E-state index in [1.807, 2.05) is 17.0 Å². The molecule has 0 bridgehead atoms. The van der Waals surface area contributed by atoms with Crippen LogP contribution in [0, 0.1) is 0 Å². The molecule has 2 heterocycles. The van der Waals surface area contributed by atoms with Gasteiger partial charge < -0.3 is 14.9 Å². The van der Waals surface area contributed by atoms with Crippen LogP contribution in [0.4, 0.5) is 5.82 Å². The SMILES string of the molecule is O=C(CCCO)N1CCN(c2ccc(Br)cn2)CC1. The Balaban J connectivity index is 1.85. The maximum Gasteiger partial charge on any atom is 0.222 e. The molecule has 0 atom stereocenters. The van der Waals surface area contributed by atoms with Crippen molar-refractivity contribution >= 4 is 27.7 Å². The Morgan fingerprint density at radius 1 is 1.32 bits per heavy atom. The van der Waals surface area contributed by atoms with Gasteiger partial charge in [-0.1, -0.05) is 0 Å². The maximum absolute atomic E-state index is 11.8. The number of halogens is 1. The minimum absolute atomic E-state index is 0.0779. The number of anilines is 1. The number of piperazine rings is 1. The summed E-state index contributed by atoms with van der Waals surface area (Å²) >= 11 is 3.37. The number of aliphatic hydroxyl groups excluding tert-OH is 1. The third-order valence-electron chi connectivity index (χ3n) is 3.22. The molecule has 104 valence electrons. The molecule has 1 N–H and O–H groups in total. The second-order valence-electron chi connectivity index (χ2n) is 4.53. The number of aromatic nitrogens is 1. The van der Waals surface area contributed by atoms with Gasteiger partial charge in [0.05, 0.1) is 0 Å². The smallest absolute Gasteiger partial charge is 0.222 e. The summed E-state index contributed by atoms with van der Waals surface area (Å²) < 4.78 is 0.967. The molecule has 0 aliphatic carbocycles. The monoisotopic (exact) mass is 327 g/mol. The molecule has 0 aromatic carbocycles. The van der Waals surface area contributed by atoms with Gasteiger partial charge in [-0.15, -0.1) is 0 Å². The second kappa shape index (κ2) is 6.86. The van der Waals surface area contributed by atoms with Crippen LogP contribution in [-0.4, -0.2) is 53.7 Å². The van der Waals surface area contributed by atoms with E-state index in [1.165, 1.54) is 0 Å². The number of hydrogen-bond donors (Lipinski definition) is 1. The van der Waals surface area contributed by atoms with Crippen molar-refractivity contribution in [3.05, 3.63) is 22.8 Å². The van der Waals surface area contributed by atoms with Crippen molar-refractivity contribution in [1.82, 2.24) is 9.88 Å². The molecular formula is C13H18BrN3O2. The average molecular weight is 328 g/mol. The van der Waals surface area contributed by atoms with Gasteiger partial charge in [0.15, 0.2) is 0 Å². The molecule has 1 aromatic heterocycles. The Labute approximate surface area is 121 Å². The normalized spacial score (nSPS) is 15.7. The van der Waals surface area contributed by atoms with Gasteiger partial charge in [-0.05, 0) is 34.5 Å². The van der Waals surface area contributed by atoms with E-state index < -0.39 is 0 Å². The Morgan fingerprint density at radius 2 is 2.05 bits per heavy atom. The Bertz CT molecular complexity index is 416. The van der Waals surface area contributed by atoms with Gasteiger partial charge in [-0.25, -0.2) is 4.98 Å². The Hall–Kier alpha value is -1.14. The largest absolute Gasteiger partial charge is 0.396 e. The highest BCUT2D eigenvalue weighted by Crippen LogP contribution is 2.16. The summed E-state index contributed by atoms with van der Waals surface area (Å²) in [5.41, 5.74) is 0. The number of amides is 1. The van der Waals surface area contributed by atoms with Gasteiger partial charge in [0.2, 0.25) is 5.91 Å². The van der Waals surface area contributed by atoms with Gasteiger partial charge in [0.1, 0.15) is 5.82 Å². The van der Waals surface area contributed by atoms with Gasteiger partial charge in [0, 0.05) is 49.9 Å². The lowest BCUT2D eigenvalue weighted by Gasteiger charge is -2.35. The second-order valence-corrected chi connectivity index (χ2v) is 5.45. The highest BCUT2D eigenvalue weighted by Gasteiger charge is 2.21. The highest BCUT2D eigenvalue weighted by atomic mass is 79.9. The highest BCUT2D eigenvalue weighted by molar-refractivity contribution is 9.10. The summed E-state index contributed by atoms with van der Waals surface area (Å²) in [5.74, 6) is 1.09. The zero-order valence-corrected chi connectivity index (χ0v) is 12.3. The van der Waals surface area contributed by atoms with Crippen molar-refractivity contribution in [3.63, 3.8) is 0 Å². The fourth-order valence-corrected chi connectivity index (χ4v) is 2.36. The molecule has 0 radical (unpaired) electrons. The number of rotatable bonds is 4. The van der Waals surface area contributed by atoms with E-state index in [0.717, 1.165) is 36.5 Å². The van der Waals surface area contributed by atoms with E-state index in [2.05, 4.69) is 25.8 Å². The zero-order chi connectivity index (χ0) is 13.7. The Morgan fingerprint density at radius 3 is 2.63 bits per heavy atom. The van der Waals surface area contributed by atoms with Crippen molar-refractivity contribution in [1.29, 1.82) is 0 Å². The first-order valence-corrected chi connectivity index (χ1v) is 7.25. The first-order valence-electron chi connectivity index (χ1n) is 6.46. The number of carbonyl (C=O) groups is 1. The third-order valence-corrected chi connectivity index (χ3v) is 3.69. The van der Waals surface area contributed by atoms with Crippen molar-refractivity contribution in [3.8, 4) is 0 Å². The summed E-state index contributed by atoms with van der Waals surface area (Å²) in [7, 11) is 0. The van der Waals surface area contributed by atoms with E-state index >= 15 is 0 Å².